The third kappa shape index (κ3) is 3.30. The molecule has 3 heterocycles. The van der Waals surface area contributed by atoms with E-state index in [0.29, 0.717) is 35.4 Å². The molecular weight excluding hydrogens is 428 g/mol. The van der Waals surface area contributed by atoms with E-state index < -0.39 is 0 Å². The lowest BCUT2D eigenvalue weighted by Crippen LogP contribution is -2.24. The topological polar surface area (TPSA) is 88.5 Å². The maximum Gasteiger partial charge on any atom is 0.260 e. The van der Waals surface area contributed by atoms with E-state index in [4.69, 9.17) is 11.6 Å². The Morgan fingerprint density at radius 3 is 2.65 bits per heavy atom. The number of pyridine rings is 1. The number of aromatic hydroxyl groups is 1. The van der Waals surface area contributed by atoms with Crippen LogP contribution in [0.2, 0.25) is 0 Å². The van der Waals surface area contributed by atoms with E-state index >= 15 is 0 Å². The highest BCUT2D eigenvalue weighted by Crippen LogP contribution is 2.43. The van der Waals surface area contributed by atoms with Crippen LogP contribution in [0.4, 0.5) is 11.5 Å². The molecule has 34 heavy (non-hydrogen) atoms. The highest BCUT2D eigenvalue weighted by atomic mass is 16.3. The van der Waals surface area contributed by atoms with E-state index in [1.807, 2.05) is 29.8 Å². The van der Waals surface area contributed by atoms with Crippen LogP contribution in [0.25, 0.3) is 27.4 Å². The monoisotopic (exact) mass is 448 g/mol. The summed E-state index contributed by atoms with van der Waals surface area (Å²) in [6, 6.07) is 14.4. The molecule has 1 amide bonds. The van der Waals surface area contributed by atoms with Crippen LogP contribution in [0, 0.1) is 6.57 Å². The van der Waals surface area contributed by atoms with Crippen molar-refractivity contribution >= 4 is 17.4 Å². The molecule has 0 radical (unpaired) electrons. The molecule has 0 saturated heterocycles. The number of phenolic OH excluding ortho intramolecular Hbond substituents is 1. The smallest absolute Gasteiger partial charge is 0.260 e. The molecule has 1 saturated carbocycles. The second kappa shape index (κ2) is 7.52. The normalized spacial score (nSPS) is 14.8. The van der Waals surface area contributed by atoms with Crippen LogP contribution in [-0.2, 0) is 13.6 Å². The summed E-state index contributed by atoms with van der Waals surface area (Å²) >= 11 is 0. The summed E-state index contributed by atoms with van der Waals surface area (Å²) < 4.78 is 1.82. The number of rotatable bonds is 4. The lowest BCUT2D eigenvalue weighted by molar-refractivity contribution is 0.0995. The van der Waals surface area contributed by atoms with Crippen LogP contribution >= 0.6 is 0 Å². The molecule has 6 rings (SSSR count). The lowest BCUT2D eigenvalue weighted by atomic mass is 9.97. The van der Waals surface area contributed by atoms with Gasteiger partial charge in [0.25, 0.3) is 5.91 Å². The number of carbonyl (C=O) groups is 1. The Kier molecular flexibility index (Phi) is 4.45. The largest absolute Gasteiger partial charge is 0.508 e. The molecular formula is C26H20N6O2. The van der Waals surface area contributed by atoms with E-state index in [1.54, 1.807) is 29.4 Å². The number of hydrogen-bond donors (Lipinski definition) is 1. The molecule has 166 valence electrons. The van der Waals surface area contributed by atoms with Gasteiger partial charge in [0.1, 0.15) is 17.9 Å². The van der Waals surface area contributed by atoms with Crippen LogP contribution in [0.1, 0.15) is 40.4 Å². The molecule has 2 aromatic carbocycles. The molecule has 1 aliphatic heterocycles. The zero-order valence-corrected chi connectivity index (χ0v) is 18.4. The van der Waals surface area contributed by atoms with Gasteiger partial charge < -0.3 is 9.67 Å². The molecule has 2 aromatic heterocycles. The minimum Gasteiger partial charge on any atom is -0.508 e. The van der Waals surface area contributed by atoms with Gasteiger partial charge in [0, 0.05) is 29.8 Å². The number of fused-ring (bicyclic) bond motifs is 1. The Morgan fingerprint density at radius 1 is 1.06 bits per heavy atom. The van der Waals surface area contributed by atoms with Crippen molar-refractivity contribution in [3.8, 4) is 28.3 Å². The van der Waals surface area contributed by atoms with Crippen molar-refractivity contribution in [3.63, 3.8) is 0 Å². The van der Waals surface area contributed by atoms with Gasteiger partial charge in [0.05, 0.1) is 13.1 Å². The second-order valence-corrected chi connectivity index (χ2v) is 8.75. The Labute approximate surface area is 196 Å². The molecule has 8 heteroatoms. The average Bonchev–Trinajstić information content (AvgIpc) is 3.54. The fraction of sp³-hybridized carbons (Fsp3) is 0.192. The number of aryl methyl sites for hydroxylation is 1. The molecule has 2 aliphatic rings. The molecule has 4 aromatic rings. The van der Waals surface area contributed by atoms with Crippen molar-refractivity contribution in [1.82, 2.24) is 19.7 Å². The van der Waals surface area contributed by atoms with Crippen molar-refractivity contribution in [2.75, 3.05) is 4.90 Å². The third-order valence-electron chi connectivity index (χ3n) is 6.40. The SMILES string of the molecule is [C-]#[N+]c1ccc(-c2cc(C3CC3)nc(N3Cc4ccc(O)cc4C3=O)c2)c(-c2nncn2C)c1. The maximum atomic E-state index is 13.2. The summed E-state index contributed by atoms with van der Waals surface area (Å²) in [6.07, 6.45) is 3.78. The molecule has 0 bridgehead atoms. The van der Waals surface area contributed by atoms with Crippen LogP contribution in [-0.4, -0.2) is 30.8 Å². The van der Waals surface area contributed by atoms with Crippen LogP contribution in [0.5, 0.6) is 5.75 Å². The van der Waals surface area contributed by atoms with E-state index in [9.17, 15) is 9.90 Å². The fourth-order valence-corrected chi connectivity index (χ4v) is 4.46. The Hall–Kier alpha value is -4.51. The lowest BCUT2D eigenvalue weighted by Gasteiger charge is -2.18. The Morgan fingerprint density at radius 2 is 1.91 bits per heavy atom. The molecule has 0 atom stereocenters. The predicted molar refractivity (Wildman–Crippen MR) is 127 cm³/mol. The summed E-state index contributed by atoms with van der Waals surface area (Å²) in [5, 5.41) is 18.1. The van der Waals surface area contributed by atoms with Crippen LogP contribution < -0.4 is 4.90 Å². The predicted octanol–water partition coefficient (Wildman–Crippen LogP) is 4.84. The summed E-state index contributed by atoms with van der Waals surface area (Å²) in [4.78, 5) is 23.3. The van der Waals surface area contributed by atoms with Gasteiger partial charge in [-0.05, 0) is 59.9 Å². The van der Waals surface area contributed by atoms with Gasteiger partial charge in [0.15, 0.2) is 11.5 Å². The maximum absolute atomic E-state index is 13.2. The molecule has 1 N–H and O–H groups in total. The van der Waals surface area contributed by atoms with Crippen molar-refractivity contribution in [3.05, 3.63) is 83.1 Å². The number of benzene rings is 2. The zero-order chi connectivity index (χ0) is 23.4. The summed E-state index contributed by atoms with van der Waals surface area (Å²) in [6.45, 7) is 7.86. The summed E-state index contributed by atoms with van der Waals surface area (Å²) in [7, 11) is 1.87. The first-order valence-corrected chi connectivity index (χ1v) is 11.0. The van der Waals surface area contributed by atoms with Crippen LogP contribution in [0.3, 0.4) is 0 Å². The third-order valence-corrected chi connectivity index (χ3v) is 6.40. The number of amides is 1. The van der Waals surface area contributed by atoms with Gasteiger partial charge in [-0.3, -0.25) is 9.69 Å². The molecule has 8 nitrogen and oxygen atoms in total. The minimum absolute atomic E-state index is 0.0718. The van der Waals surface area contributed by atoms with Crippen molar-refractivity contribution in [1.29, 1.82) is 0 Å². The standard InChI is InChI=1S/C26H20N6O2/c1-27-18-6-8-20(22(11-18)25-30-28-14-31(25)2)17-9-23(15-3-4-15)29-24(10-17)32-13-16-5-7-19(33)12-21(16)26(32)34/h5-12,14-15,33H,3-4,13H2,2H3. The van der Waals surface area contributed by atoms with Gasteiger partial charge in [-0.15, -0.1) is 10.2 Å². The number of anilines is 1. The zero-order valence-electron chi connectivity index (χ0n) is 18.4. The Bertz CT molecular complexity index is 1510. The van der Waals surface area contributed by atoms with Gasteiger partial charge in [-0.2, -0.15) is 0 Å². The summed E-state index contributed by atoms with van der Waals surface area (Å²) in [5.41, 5.74) is 5.45. The molecule has 0 unspecified atom stereocenters. The molecule has 0 spiro atoms. The first-order chi connectivity index (χ1) is 16.5. The van der Waals surface area contributed by atoms with Crippen molar-refractivity contribution in [2.45, 2.75) is 25.3 Å². The summed E-state index contributed by atoms with van der Waals surface area (Å²) in [5.74, 6) is 1.52. The Balaban J connectivity index is 1.50. The van der Waals surface area contributed by atoms with Crippen molar-refractivity contribution < 1.29 is 9.90 Å². The number of nitrogens with zero attached hydrogens (tertiary/aromatic N) is 6. The number of hydrogen-bond acceptors (Lipinski definition) is 5. The van der Waals surface area contributed by atoms with Crippen molar-refractivity contribution in [2.24, 2.45) is 7.05 Å². The van der Waals surface area contributed by atoms with Gasteiger partial charge in [0.2, 0.25) is 0 Å². The number of carbonyl (C=O) groups excluding carboxylic acids is 1. The van der Waals surface area contributed by atoms with E-state index in [1.165, 1.54) is 6.07 Å². The first kappa shape index (κ1) is 20.1. The molecule has 1 fully saturated rings. The highest BCUT2D eigenvalue weighted by Gasteiger charge is 2.32. The fourth-order valence-electron chi connectivity index (χ4n) is 4.46. The minimum atomic E-state index is -0.172. The van der Waals surface area contributed by atoms with Gasteiger partial charge in [-0.25, -0.2) is 9.83 Å². The van der Waals surface area contributed by atoms with E-state index in [2.05, 4.69) is 21.1 Å². The van der Waals surface area contributed by atoms with Crippen LogP contribution in [0.15, 0.2) is 54.9 Å². The number of phenols is 1. The second-order valence-electron chi connectivity index (χ2n) is 8.75. The highest BCUT2D eigenvalue weighted by molar-refractivity contribution is 6.10. The quantitative estimate of drug-likeness (QED) is 0.452. The molecule has 1 aliphatic carbocycles. The number of aromatic nitrogens is 4. The van der Waals surface area contributed by atoms with E-state index in [0.717, 1.165) is 40.8 Å². The average molecular weight is 448 g/mol. The first-order valence-electron chi connectivity index (χ1n) is 11.0. The van der Waals surface area contributed by atoms with Gasteiger partial charge in [-0.1, -0.05) is 18.2 Å². The van der Waals surface area contributed by atoms with E-state index in [-0.39, 0.29) is 11.7 Å². The van der Waals surface area contributed by atoms with Gasteiger partial charge >= 0.3 is 0 Å².